The summed E-state index contributed by atoms with van der Waals surface area (Å²) in [4.78, 5) is 25.3. The lowest BCUT2D eigenvalue weighted by atomic mass is 9.89. The zero-order valence-corrected chi connectivity index (χ0v) is 22.5. The highest BCUT2D eigenvalue weighted by Gasteiger charge is 2.22. The fourth-order valence-electron chi connectivity index (χ4n) is 4.15. The minimum Gasteiger partial charge on any atom is -0.490 e. The number of carbonyl (C=O) groups excluding carboxylic acids is 2. The van der Waals surface area contributed by atoms with Gasteiger partial charge < -0.3 is 24.4 Å². The number of nitrogens with zero attached hydrogens (tertiary/aromatic N) is 1. The van der Waals surface area contributed by atoms with E-state index in [0.717, 1.165) is 62.8 Å². The predicted octanol–water partition coefficient (Wildman–Crippen LogP) is 5.15. The molecule has 0 radical (unpaired) electrons. The summed E-state index contributed by atoms with van der Waals surface area (Å²) in [6.07, 6.45) is 4.50. The van der Waals surface area contributed by atoms with Gasteiger partial charge in [0.15, 0.2) is 0 Å². The van der Waals surface area contributed by atoms with Gasteiger partial charge in [-0.15, -0.1) is 0 Å². The molecule has 2 aromatic rings. The number of para-hydroxylation sites is 1. The van der Waals surface area contributed by atoms with Crippen molar-refractivity contribution in [1.82, 2.24) is 0 Å². The molecule has 3 rings (SSSR count). The fraction of sp³-hybridized carbons (Fsp3) is 0.517. The van der Waals surface area contributed by atoms with Gasteiger partial charge in [0.05, 0.1) is 37.4 Å². The Morgan fingerprint density at radius 1 is 0.972 bits per heavy atom. The Labute approximate surface area is 216 Å². The summed E-state index contributed by atoms with van der Waals surface area (Å²) in [6, 6.07) is 14.2. The first-order valence-electron chi connectivity index (χ1n) is 13.0. The van der Waals surface area contributed by atoms with Crippen molar-refractivity contribution in [2.24, 2.45) is 5.92 Å². The van der Waals surface area contributed by atoms with Crippen LogP contribution >= 0.6 is 0 Å². The molecule has 1 fully saturated rings. The van der Waals surface area contributed by atoms with E-state index in [4.69, 9.17) is 14.6 Å². The first-order valence-corrected chi connectivity index (χ1v) is 13.0. The van der Waals surface area contributed by atoms with Crippen LogP contribution in [0.2, 0.25) is 0 Å². The van der Waals surface area contributed by atoms with Crippen LogP contribution in [-0.4, -0.2) is 68.0 Å². The Balaban J connectivity index is 0.00000222. The second kappa shape index (κ2) is 14.6. The minimum absolute atomic E-state index is 0.154. The van der Waals surface area contributed by atoms with Gasteiger partial charge in [-0.3, -0.25) is 4.79 Å². The number of rotatable bonds is 10. The maximum atomic E-state index is 13.0. The Hall–Kier alpha value is -2.90. The number of aliphatic hydroxyl groups excluding tert-OH is 1. The molecule has 1 aliphatic rings. The normalized spacial score (nSPS) is 17.4. The monoisotopic (exact) mass is 499 g/mol. The Morgan fingerprint density at radius 2 is 1.58 bits per heavy atom. The van der Waals surface area contributed by atoms with Gasteiger partial charge in [-0.05, 0) is 81.8 Å². The first kappa shape index (κ1) is 29.3. The van der Waals surface area contributed by atoms with Crippen molar-refractivity contribution in [3.63, 3.8) is 0 Å². The fourth-order valence-corrected chi connectivity index (χ4v) is 4.15. The van der Waals surface area contributed by atoms with Gasteiger partial charge in [-0.2, -0.15) is 0 Å². The molecule has 2 N–H and O–H groups in total. The lowest BCUT2D eigenvalue weighted by Gasteiger charge is -2.31. The number of anilines is 1. The molecule has 1 amide bonds. The smallest absolute Gasteiger partial charge is 0.338 e. The number of aliphatic hydroxyl groups is 1. The van der Waals surface area contributed by atoms with Crippen LogP contribution in [0.3, 0.4) is 0 Å². The van der Waals surface area contributed by atoms with Crippen LogP contribution in [0.15, 0.2) is 48.5 Å². The summed E-state index contributed by atoms with van der Waals surface area (Å²) in [5.74, 6) is 0.776. The maximum absolute atomic E-state index is 13.0. The van der Waals surface area contributed by atoms with E-state index in [-0.39, 0.29) is 18.0 Å². The third kappa shape index (κ3) is 8.64. The van der Waals surface area contributed by atoms with E-state index in [2.05, 4.69) is 33.1 Å². The van der Waals surface area contributed by atoms with E-state index in [1.807, 2.05) is 18.2 Å². The van der Waals surface area contributed by atoms with Gasteiger partial charge in [-0.1, -0.05) is 19.1 Å². The molecule has 0 atom stereocenters. The Bertz CT molecular complexity index is 948. The molecule has 36 heavy (non-hydrogen) atoms. The number of esters is 1. The van der Waals surface area contributed by atoms with E-state index in [1.54, 1.807) is 30.3 Å². The van der Waals surface area contributed by atoms with E-state index in [0.29, 0.717) is 29.2 Å². The molecule has 1 saturated carbocycles. The molecule has 198 valence electrons. The van der Waals surface area contributed by atoms with E-state index >= 15 is 0 Å². The largest absolute Gasteiger partial charge is 0.490 e. The number of amides is 1. The van der Waals surface area contributed by atoms with Gasteiger partial charge in [-0.25, -0.2) is 4.79 Å². The predicted molar refractivity (Wildman–Crippen MR) is 143 cm³/mol. The van der Waals surface area contributed by atoms with Crippen LogP contribution < -0.4 is 10.1 Å². The van der Waals surface area contributed by atoms with E-state index < -0.39 is 0 Å². The highest BCUT2D eigenvalue weighted by molar-refractivity contribution is 6.06. The molecular formula is C29H43N2O5+. The molecule has 7 heteroatoms. The zero-order chi connectivity index (χ0) is 26.6. The molecule has 2 aromatic carbocycles. The zero-order valence-electron chi connectivity index (χ0n) is 22.5. The summed E-state index contributed by atoms with van der Waals surface area (Å²) >= 11 is 0. The summed E-state index contributed by atoms with van der Waals surface area (Å²) < 4.78 is 12.5. The maximum Gasteiger partial charge on any atom is 0.338 e. The summed E-state index contributed by atoms with van der Waals surface area (Å²) in [7, 11) is 3.16. The summed E-state index contributed by atoms with van der Waals surface area (Å²) in [6.45, 7) is 9.71. The highest BCUT2D eigenvalue weighted by atomic mass is 16.5. The van der Waals surface area contributed by atoms with Crippen molar-refractivity contribution >= 4 is 17.6 Å². The van der Waals surface area contributed by atoms with Crippen molar-refractivity contribution in [3.05, 3.63) is 59.7 Å². The molecule has 7 nitrogen and oxygen atoms in total. The topological polar surface area (TPSA) is 84.9 Å². The van der Waals surface area contributed by atoms with Gasteiger partial charge in [0.1, 0.15) is 18.9 Å². The van der Waals surface area contributed by atoms with E-state index in [9.17, 15) is 9.59 Å². The van der Waals surface area contributed by atoms with Crippen LogP contribution in [0.1, 0.15) is 67.2 Å². The SMILES string of the molecule is CC[N+](C)(CC)CCOC(=O)c1ccc(NC(=O)c2ccccc2OC2CCC(C)CC2)cc1.CO. The molecule has 0 unspecified atom stereocenters. The number of carbonyl (C=O) groups is 2. The molecule has 0 aromatic heterocycles. The Morgan fingerprint density at radius 3 is 2.19 bits per heavy atom. The molecule has 0 saturated heterocycles. The van der Waals surface area contributed by atoms with Crippen molar-refractivity contribution in [3.8, 4) is 5.75 Å². The van der Waals surface area contributed by atoms with Gasteiger partial charge in [0.2, 0.25) is 0 Å². The number of hydrogen-bond acceptors (Lipinski definition) is 5. The van der Waals surface area contributed by atoms with Crippen molar-refractivity contribution < 1.29 is 28.7 Å². The molecular weight excluding hydrogens is 456 g/mol. The number of likely N-dealkylation sites (N-methyl/N-ethyl adjacent to an activating group) is 1. The van der Waals surface area contributed by atoms with Crippen LogP contribution in [0.5, 0.6) is 5.75 Å². The van der Waals surface area contributed by atoms with Gasteiger partial charge in [0, 0.05) is 12.8 Å². The third-order valence-electron chi connectivity index (χ3n) is 7.16. The summed E-state index contributed by atoms with van der Waals surface area (Å²) in [5, 5.41) is 9.91. The number of ether oxygens (including phenoxy) is 2. The quantitative estimate of drug-likeness (QED) is 0.349. The number of nitrogens with one attached hydrogen (secondary N) is 1. The summed E-state index contributed by atoms with van der Waals surface area (Å²) in [5.41, 5.74) is 1.59. The number of quaternary nitrogens is 1. The average molecular weight is 500 g/mol. The molecule has 0 heterocycles. The first-order chi connectivity index (χ1) is 17.3. The molecule has 0 spiro atoms. The number of hydrogen-bond donors (Lipinski definition) is 2. The van der Waals surface area contributed by atoms with Gasteiger partial charge >= 0.3 is 5.97 Å². The van der Waals surface area contributed by atoms with Gasteiger partial charge in [0.25, 0.3) is 5.91 Å². The minimum atomic E-state index is -0.350. The lowest BCUT2D eigenvalue weighted by Crippen LogP contribution is -2.46. The third-order valence-corrected chi connectivity index (χ3v) is 7.16. The van der Waals surface area contributed by atoms with Crippen LogP contribution in [0, 0.1) is 5.92 Å². The van der Waals surface area contributed by atoms with Crippen LogP contribution in [-0.2, 0) is 4.74 Å². The molecule has 1 aliphatic carbocycles. The molecule has 0 aliphatic heterocycles. The standard InChI is InChI=1S/C28H38N2O4.CH4O/c1-5-30(4,6-2)19-20-33-28(32)22-13-15-23(16-14-22)29-27(31)25-9-7-8-10-26(25)34-24-17-11-21(3)12-18-24;1-2/h7-10,13-16,21,24H,5-6,11-12,17-20H2,1-4H3;2H,1H3/p+1. The molecule has 0 bridgehead atoms. The second-order valence-electron chi connectivity index (χ2n) is 9.64. The lowest BCUT2D eigenvalue weighted by molar-refractivity contribution is -0.906. The van der Waals surface area contributed by atoms with Crippen molar-refractivity contribution in [2.75, 3.05) is 45.7 Å². The second-order valence-corrected chi connectivity index (χ2v) is 9.64. The van der Waals surface area contributed by atoms with Crippen molar-refractivity contribution in [2.45, 2.75) is 52.6 Å². The number of benzene rings is 2. The van der Waals surface area contributed by atoms with Crippen LogP contribution in [0.4, 0.5) is 5.69 Å². The van der Waals surface area contributed by atoms with Crippen LogP contribution in [0.25, 0.3) is 0 Å². The Kier molecular flexibility index (Phi) is 11.9. The highest BCUT2D eigenvalue weighted by Crippen LogP contribution is 2.29. The average Bonchev–Trinajstić information content (AvgIpc) is 2.91. The van der Waals surface area contributed by atoms with E-state index in [1.165, 1.54) is 0 Å². The van der Waals surface area contributed by atoms with Crippen molar-refractivity contribution in [1.29, 1.82) is 0 Å².